The first-order chi connectivity index (χ1) is 12.0. The van der Waals surface area contributed by atoms with Gasteiger partial charge in [0.05, 0.1) is 28.9 Å². The number of aliphatic hydroxyl groups excluding tert-OH is 1. The number of aliphatic hydroxyl groups is 1. The molecular weight excluding hydrogens is 429 g/mol. The maximum Gasteiger partial charge on any atom is 0.573 e. The van der Waals surface area contributed by atoms with Crippen LogP contribution in [0, 0.1) is 0 Å². The molecule has 3 N–H and O–H groups in total. The Morgan fingerprint density at radius 1 is 1.31 bits per heavy atom. The van der Waals surface area contributed by atoms with Crippen LogP contribution >= 0.6 is 15.9 Å². The highest BCUT2D eigenvalue weighted by Crippen LogP contribution is 2.39. The SMILES string of the molecule is O=C(O)c1cc(Br)c(OC(F)(F)F)c(NC2=CC(=O)N(CCO)C2=O)c1. The molecule has 0 fully saturated rings. The van der Waals surface area contributed by atoms with Gasteiger partial charge < -0.3 is 20.3 Å². The summed E-state index contributed by atoms with van der Waals surface area (Å²) in [5.74, 6) is -3.92. The molecule has 140 valence electrons. The lowest BCUT2D eigenvalue weighted by atomic mass is 10.2. The number of aromatic carboxylic acids is 1. The maximum atomic E-state index is 12.6. The number of carboxylic acid groups (broad SMARTS) is 1. The lowest BCUT2D eigenvalue weighted by Gasteiger charge is -2.18. The van der Waals surface area contributed by atoms with Crippen molar-refractivity contribution >= 4 is 39.4 Å². The van der Waals surface area contributed by atoms with E-state index in [1.54, 1.807) is 0 Å². The van der Waals surface area contributed by atoms with Gasteiger partial charge in [-0.15, -0.1) is 13.2 Å². The van der Waals surface area contributed by atoms with Crippen molar-refractivity contribution in [1.29, 1.82) is 0 Å². The van der Waals surface area contributed by atoms with Gasteiger partial charge in [-0.2, -0.15) is 0 Å². The highest BCUT2D eigenvalue weighted by atomic mass is 79.9. The molecule has 1 aliphatic heterocycles. The van der Waals surface area contributed by atoms with E-state index in [-0.39, 0.29) is 11.0 Å². The first-order valence-electron chi connectivity index (χ1n) is 6.81. The van der Waals surface area contributed by atoms with E-state index in [9.17, 15) is 27.6 Å². The average molecular weight is 439 g/mol. The van der Waals surface area contributed by atoms with Crippen LogP contribution < -0.4 is 10.1 Å². The number of amides is 2. The fourth-order valence-electron chi connectivity index (χ4n) is 2.08. The summed E-state index contributed by atoms with van der Waals surface area (Å²) in [7, 11) is 0. The summed E-state index contributed by atoms with van der Waals surface area (Å²) in [6.45, 7) is -0.800. The number of halogens is 4. The number of β-amino-alcohol motifs (C(OH)–C–C–N with tert-alkyl or cyclic N) is 1. The van der Waals surface area contributed by atoms with Crippen molar-refractivity contribution in [3.05, 3.63) is 33.9 Å². The molecule has 1 heterocycles. The van der Waals surface area contributed by atoms with Crippen LogP contribution in [0.25, 0.3) is 0 Å². The minimum absolute atomic E-state index is 0.301. The summed E-state index contributed by atoms with van der Waals surface area (Å²) in [6.07, 6.45) is -4.27. The molecule has 1 aromatic carbocycles. The maximum absolute atomic E-state index is 12.6. The first kappa shape index (κ1) is 19.7. The van der Waals surface area contributed by atoms with Crippen molar-refractivity contribution in [2.45, 2.75) is 6.36 Å². The van der Waals surface area contributed by atoms with Gasteiger partial charge in [-0.3, -0.25) is 14.5 Å². The van der Waals surface area contributed by atoms with Gasteiger partial charge in [0.15, 0.2) is 5.75 Å². The molecule has 0 unspecified atom stereocenters. The molecule has 0 aromatic heterocycles. The molecule has 1 aromatic rings. The molecule has 26 heavy (non-hydrogen) atoms. The minimum atomic E-state index is -5.09. The number of hydrogen-bond donors (Lipinski definition) is 3. The fraction of sp³-hybridized carbons (Fsp3) is 0.214. The Morgan fingerprint density at radius 2 is 1.96 bits per heavy atom. The summed E-state index contributed by atoms with van der Waals surface area (Å²) in [5, 5.41) is 20.2. The standard InChI is InChI=1S/C14H10BrF3N2O6/c15-7-3-6(13(24)25)4-8(11(7)26-14(16,17)18)19-9-5-10(22)20(1-2-21)12(9)23/h3-5,19,21H,1-2H2,(H,24,25). The zero-order valence-electron chi connectivity index (χ0n) is 12.6. The number of carbonyl (C=O) groups is 3. The Hall–Kier alpha value is -2.60. The van der Waals surface area contributed by atoms with Gasteiger partial charge >= 0.3 is 12.3 Å². The molecule has 0 spiro atoms. The average Bonchev–Trinajstić information content (AvgIpc) is 2.77. The van der Waals surface area contributed by atoms with Gasteiger partial charge in [0.1, 0.15) is 5.70 Å². The van der Waals surface area contributed by atoms with Crippen molar-refractivity contribution in [1.82, 2.24) is 4.90 Å². The number of anilines is 1. The van der Waals surface area contributed by atoms with Crippen LogP contribution in [0.3, 0.4) is 0 Å². The van der Waals surface area contributed by atoms with Crippen LogP contribution in [0.2, 0.25) is 0 Å². The Kier molecular flexibility index (Phi) is 5.56. The van der Waals surface area contributed by atoms with Crippen molar-refractivity contribution in [3.63, 3.8) is 0 Å². The molecule has 0 radical (unpaired) electrons. The zero-order chi connectivity index (χ0) is 19.6. The highest BCUT2D eigenvalue weighted by molar-refractivity contribution is 9.10. The fourth-order valence-corrected chi connectivity index (χ4v) is 2.63. The monoisotopic (exact) mass is 438 g/mol. The summed E-state index contributed by atoms with van der Waals surface area (Å²) in [4.78, 5) is 35.6. The minimum Gasteiger partial charge on any atom is -0.478 e. The van der Waals surface area contributed by atoms with Crippen LogP contribution in [0.15, 0.2) is 28.4 Å². The topological polar surface area (TPSA) is 116 Å². The van der Waals surface area contributed by atoms with E-state index in [0.717, 1.165) is 18.2 Å². The van der Waals surface area contributed by atoms with Crippen molar-refractivity contribution < 1.29 is 42.5 Å². The van der Waals surface area contributed by atoms with E-state index < -0.39 is 53.5 Å². The Morgan fingerprint density at radius 3 is 2.50 bits per heavy atom. The molecule has 0 atom stereocenters. The predicted molar refractivity (Wildman–Crippen MR) is 83.3 cm³/mol. The number of carboxylic acids is 1. The molecule has 8 nitrogen and oxygen atoms in total. The predicted octanol–water partition coefficient (Wildman–Crippen LogP) is 1.70. The van der Waals surface area contributed by atoms with Crippen LogP contribution in [-0.4, -0.2) is 52.4 Å². The smallest absolute Gasteiger partial charge is 0.478 e. The van der Waals surface area contributed by atoms with Crippen LogP contribution in [-0.2, 0) is 9.59 Å². The summed E-state index contributed by atoms with van der Waals surface area (Å²) < 4.78 is 41.4. The second-order valence-electron chi connectivity index (χ2n) is 4.89. The van der Waals surface area contributed by atoms with Gasteiger partial charge in [-0.25, -0.2) is 4.79 Å². The van der Waals surface area contributed by atoms with Crippen LogP contribution in [0.1, 0.15) is 10.4 Å². The molecular formula is C14H10BrF3N2O6. The molecule has 2 amide bonds. The van der Waals surface area contributed by atoms with Gasteiger partial charge in [0.2, 0.25) is 0 Å². The summed E-state index contributed by atoms with van der Waals surface area (Å²) in [5.41, 5.74) is -1.28. The van der Waals surface area contributed by atoms with E-state index in [2.05, 4.69) is 26.0 Å². The number of nitrogens with one attached hydrogen (secondary N) is 1. The quantitative estimate of drug-likeness (QED) is 0.578. The number of imide groups is 1. The second-order valence-corrected chi connectivity index (χ2v) is 5.74. The third-order valence-corrected chi connectivity index (χ3v) is 3.70. The molecule has 1 aliphatic rings. The number of nitrogens with zero attached hydrogens (tertiary/aromatic N) is 1. The van der Waals surface area contributed by atoms with Crippen LogP contribution in [0.5, 0.6) is 5.75 Å². The Labute approximate surface area is 152 Å². The second kappa shape index (κ2) is 7.33. The normalized spacial score (nSPS) is 14.5. The van der Waals surface area contributed by atoms with E-state index >= 15 is 0 Å². The van der Waals surface area contributed by atoms with Gasteiger partial charge in [0.25, 0.3) is 11.8 Å². The summed E-state index contributed by atoms with van der Waals surface area (Å²) >= 11 is 2.79. The van der Waals surface area contributed by atoms with Crippen molar-refractivity contribution in [2.75, 3.05) is 18.5 Å². The van der Waals surface area contributed by atoms with Crippen molar-refractivity contribution in [3.8, 4) is 5.75 Å². The lowest BCUT2D eigenvalue weighted by Crippen LogP contribution is -2.34. The molecule has 0 saturated carbocycles. The highest BCUT2D eigenvalue weighted by Gasteiger charge is 2.35. The Bertz CT molecular complexity index is 809. The number of rotatable bonds is 6. The molecule has 0 saturated heterocycles. The van der Waals surface area contributed by atoms with E-state index in [1.807, 2.05) is 0 Å². The van der Waals surface area contributed by atoms with Crippen LogP contribution in [0.4, 0.5) is 18.9 Å². The third kappa shape index (κ3) is 4.32. The largest absolute Gasteiger partial charge is 0.573 e. The van der Waals surface area contributed by atoms with Gasteiger partial charge in [-0.05, 0) is 28.1 Å². The molecule has 12 heteroatoms. The Balaban J connectivity index is 2.44. The van der Waals surface area contributed by atoms with E-state index in [1.165, 1.54) is 0 Å². The molecule has 2 rings (SSSR count). The van der Waals surface area contributed by atoms with Crippen molar-refractivity contribution in [2.24, 2.45) is 0 Å². The molecule has 0 aliphatic carbocycles. The molecule has 0 bridgehead atoms. The zero-order valence-corrected chi connectivity index (χ0v) is 14.2. The van der Waals surface area contributed by atoms with Gasteiger partial charge in [0, 0.05) is 6.08 Å². The summed E-state index contributed by atoms with van der Waals surface area (Å²) in [6, 6.07) is 1.71. The number of carbonyl (C=O) groups excluding carboxylic acids is 2. The number of hydrogen-bond acceptors (Lipinski definition) is 6. The van der Waals surface area contributed by atoms with E-state index in [0.29, 0.717) is 4.90 Å². The number of benzene rings is 1. The first-order valence-corrected chi connectivity index (χ1v) is 7.60. The number of alkyl halides is 3. The van der Waals surface area contributed by atoms with Gasteiger partial charge in [-0.1, -0.05) is 0 Å². The third-order valence-electron chi connectivity index (χ3n) is 3.11. The number of ether oxygens (including phenoxy) is 1. The lowest BCUT2D eigenvalue weighted by molar-refractivity contribution is -0.274. The van der Waals surface area contributed by atoms with E-state index in [4.69, 9.17) is 10.2 Å².